The SMILES string of the molecule is CN=C(NCc1ccc(C(=O)N(C)C)cc1)NC1CN(C(=O)OC(C)(C)C)C1. The molecule has 8 heteroatoms. The third kappa shape index (κ3) is 6.14. The van der Waals surface area contributed by atoms with Crippen molar-refractivity contribution in [2.75, 3.05) is 34.2 Å². The van der Waals surface area contributed by atoms with Gasteiger partial charge in [-0.2, -0.15) is 0 Å². The Hall–Kier alpha value is -2.77. The molecule has 0 saturated carbocycles. The predicted molar refractivity (Wildman–Crippen MR) is 109 cm³/mol. The van der Waals surface area contributed by atoms with Crippen LogP contribution in [0, 0.1) is 0 Å². The Morgan fingerprint density at radius 1 is 1.21 bits per heavy atom. The first kappa shape index (κ1) is 21.5. The molecule has 0 aromatic heterocycles. The van der Waals surface area contributed by atoms with E-state index in [0.717, 1.165) is 5.56 Å². The van der Waals surface area contributed by atoms with E-state index in [9.17, 15) is 9.59 Å². The number of benzene rings is 1. The summed E-state index contributed by atoms with van der Waals surface area (Å²) in [6, 6.07) is 7.62. The number of carbonyl (C=O) groups excluding carboxylic acids is 2. The minimum absolute atomic E-state index is 0.0171. The Morgan fingerprint density at radius 3 is 2.32 bits per heavy atom. The van der Waals surface area contributed by atoms with E-state index >= 15 is 0 Å². The minimum Gasteiger partial charge on any atom is -0.444 e. The van der Waals surface area contributed by atoms with Crippen LogP contribution in [0.25, 0.3) is 0 Å². The first-order chi connectivity index (χ1) is 13.1. The van der Waals surface area contributed by atoms with E-state index in [1.54, 1.807) is 30.9 Å². The van der Waals surface area contributed by atoms with Gasteiger partial charge >= 0.3 is 6.09 Å². The van der Waals surface area contributed by atoms with Gasteiger partial charge in [0.15, 0.2) is 5.96 Å². The molecule has 2 amide bonds. The first-order valence-electron chi connectivity index (χ1n) is 9.35. The van der Waals surface area contributed by atoms with Gasteiger partial charge in [-0.3, -0.25) is 9.79 Å². The van der Waals surface area contributed by atoms with Crippen molar-refractivity contribution in [1.82, 2.24) is 20.4 Å². The highest BCUT2D eigenvalue weighted by Gasteiger charge is 2.34. The molecule has 1 fully saturated rings. The molecule has 1 aromatic rings. The molecule has 1 aliphatic rings. The fourth-order valence-corrected chi connectivity index (χ4v) is 2.64. The second kappa shape index (κ2) is 8.95. The molecule has 0 spiro atoms. The number of likely N-dealkylation sites (tertiary alicyclic amines) is 1. The molecular formula is C20H31N5O3. The van der Waals surface area contributed by atoms with Crippen molar-refractivity contribution in [3.63, 3.8) is 0 Å². The summed E-state index contributed by atoms with van der Waals surface area (Å²) in [4.78, 5) is 31.3. The van der Waals surface area contributed by atoms with E-state index in [2.05, 4.69) is 15.6 Å². The number of carbonyl (C=O) groups is 2. The van der Waals surface area contributed by atoms with E-state index in [-0.39, 0.29) is 18.0 Å². The molecule has 0 atom stereocenters. The Balaban J connectivity index is 1.77. The molecule has 1 saturated heterocycles. The summed E-state index contributed by atoms with van der Waals surface area (Å²) in [7, 11) is 5.17. The van der Waals surface area contributed by atoms with Crippen LogP contribution in [0.4, 0.5) is 4.79 Å². The van der Waals surface area contributed by atoms with Gasteiger partial charge in [-0.15, -0.1) is 0 Å². The van der Waals surface area contributed by atoms with Crippen LogP contribution in [0.3, 0.4) is 0 Å². The summed E-state index contributed by atoms with van der Waals surface area (Å²) in [5.74, 6) is 0.652. The first-order valence-corrected chi connectivity index (χ1v) is 9.35. The molecule has 0 bridgehead atoms. The van der Waals surface area contributed by atoms with Crippen LogP contribution in [0.2, 0.25) is 0 Å². The lowest BCUT2D eigenvalue weighted by atomic mass is 10.1. The van der Waals surface area contributed by atoms with E-state index in [0.29, 0.717) is 31.2 Å². The van der Waals surface area contributed by atoms with Gasteiger partial charge in [0, 0.05) is 46.3 Å². The van der Waals surface area contributed by atoms with Crippen molar-refractivity contribution >= 4 is 18.0 Å². The molecule has 8 nitrogen and oxygen atoms in total. The number of nitrogens with zero attached hydrogens (tertiary/aromatic N) is 3. The zero-order chi connectivity index (χ0) is 20.9. The number of guanidine groups is 1. The van der Waals surface area contributed by atoms with Gasteiger partial charge in [0.05, 0.1) is 6.04 Å². The molecule has 1 heterocycles. The van der Waals surface area contributed by atoms with Crippen LogP contribution in [0.5, 0.6) is 0 Å². The molecule has 0 radical (unpaired) electrons. The average molecular weight is 390 g/mol. The molecule has 154 valence electrons. The van der Waals surface area contributed by atoms with Crippen molar-refractivity contribution in [3.8, 4) is 0 Å². The van der Waals surface area contributed by atoms with Crippen LogP contribution in [0.15, 0.2) is 29.3 Å². The number of rotatable bonds is 4. The van der Waals surface area contributed by atoms with E-state index < -0.39 is 5.60 Å². The zero-order valence-corrected chi connectivity index (χ0v) is 17.6. The summed E-state index contributed by atoms with van der Waals surface area (Å²) in [5, 5.41) is 6.54. The van der Waals surface area contributed by atoms with Gasteiger partial charge in [0.25, 0.3) is 5.91 Å². The third-order valence-electron chi connectivity index (χ3n) is 4.16. The van der Waals surface area contributed by atoms with E-state index in [1.807, 2.05) is 45.0 Å². The Bertz CT molecular complexity index is 716. The lowest BCUT2D eigenvalue weighted by molar-refractivity contribution is 0.00700. The largest absolute Gasteiger partial charge is 0.444 e. The highest BCUT2D eigenvalue weighted by Crippen LogP contribution is 2.15. The molecule has 1 aliphatic heterocycles. The monoisotopic (exact) mass is 389 g/mol. The van der Waals surface area contributed by atoms with Gasteiger partial charge in [-0.1, -0.05) is 12.1 Å². The number of hydrogen-bond acceptors (Lipinski definition) is 4. The van der Waals surface area contributed by atoms with E-state index in [4.69, 9.17) is 4.74 Å². The highest BCUT2D eigenvalue weighted by molar-refractivity contribution is 5.93. The van der Waals surface area contributed by atoms with Crippen molar-refractivity contribution in [2.24, 2.45) is 4.99 Å². The molecule has 2 rings (SSSR count). The summed E-state index contributed by atoms with van der Waals surface area (Å²) in [6.07, 6.45) is -0.291. The highest BCUT2D eigenvalue weighted by atomic mass is 16.6. The van der Waals surface area contributed by atoms with Crippen LogP contribution in [0.1, 0.15) is 36.7 Å². The predicted octanol–water partition coefficient (Wildman–Crippen LogP) is 1.67. The van der Waals surface area contributed by atoms with Crippen molar-refractivity contribution in [2.45, 2.75) is 39.0 Å². The van der Waals surface area contributed by atoms with Crippen molar-refractivity contribution < 1.29 is 14.3 Å². The Labute approximate surface area is 166 Å². The van der Waals surface area contributed by atoms with Crippen LogP contribution >= 0.6 is 0 Å². The number of amides is 2. The normalized spacial score (nSPS) is 14.9. The summed E-state index contributed by atoms with van der Waals surface area (Å²) in [6.45, 7) is 7.31. The average Bonchev–Trinajstić information content (AvgIpc) is 2.58. The number of ether oxygens (including phenoxy) is 1. The Kier molecular flexibility index (Phi) is 6.88. The molecule has 1 aromatic carbocycles. The fraction of sp³-hybridized carbons (Fsp3) is 0.550. The summed E-state index contributed by atoms with van der Waals surface area (Å²) >= 11 is 0. The zero-order valence-electron chi connectivity index (χ0n) is 17.6. The van der Waals surface area contributed by atoms with E-state index in [1.165, 1.54) is 0 Å². The fourth-order valence-electron chi connectivity index (χ4n) is 2.64. The topological polar surface area (TPSA) is 86.3 Å². The maximum absolute atomic E-state index is 12.0. The second-order valence-electron chi connectivity index (χ2n) is 8.05. The van der Waals surface area contributed by atoms with Gasteiger partial charge < -0.3 is 25.2 Å². The van der Waals surface area contributed by atoms with Crippen molar-refractivity contribution in [3.05, 3.63) is 35.4 Å². The molecular weight excluding hydrogens is 358 g/mol. The molecule has 2 N–H and O–H groups in total. The summed E-state index contributed by atoms with van der Waals surface area (Å²) < 4.78 is 5.35. The lowest BCUT2D eigenvalue weighted by Crippen LogP contribution is -2.63. The molecule has 28 heavy (non-hydrogen) atoms. The van der Waals surface area contributed by atoms with Crippen LogP contribution < -0.4 is 10.6 Å². The number of nitrogens with one attached hydrogen (secondary N) is 2. The smallest absolute Gasteiger partial charge is 0.410 e. The maximum Gasteiger partial charge on any atom is 0.410 e. The van der Waals surface area contributed by atoms with Crippen LogP contribution in [-0.2, 0) is 11.3 Å². The van der Waals surface area contributed by atoms with Gasteiger partial charge in [0.2, 0.25) is 0 Å². The van der Waals surface area contributed by atoms with Crippen LogP contribution in [-0.4, -0.2) is 73.6 Å². The van der Waals surface area contributed by atoms with Crippen molar-refractivity contribution in [1.29, 1.82) is 0 Å². The molecule has 0 unspecified atom stereocenters. The number of hydrogen-bond donors (Lipinski definition) is 2. The standard InChI is InChI=1S/C20H31N5O3/c1-20(2,3)28-19(27)25-12-16(13-25)23-18(21-4)22-11-14-7-9-15(10-8-14)17(26)24(5)6/h7-10,16H,11-13H2,1-6H3,(H2,21,22,23). The van der Waals surface area contributed by atoms with Gasteiger partial charge in [0.1, 0.15) is 5.60 Å². The quantitative estimate of drug-likeness (QED) is 0.604. The number of aliphatic imine (C=N–C) groups is 1. The second-order valence-corrected chi connectivity index (χ2v) is 8.05. The van der Waals surface area contributed by atoms with Gasteiger partial charge in [-0.25, -0.2) is 4.79 Å². The summed E-state index contributed by atoms with van der Waals surface area (Å²) in [5.41, 5.74) is 1.22. The molecule has 0 aliphatic carbocycles. The maximum atomic E-state index is 12.0. The van der Waals surface area contributed by atoms with Gasteiger partial charge in [-0.05, 0) is 38.5 Å². The third-order valence-corrected chi connectivity index (χ3v) is 4.16. The minimum atomic E-state index is -0.486. The Morgan fingerprint density at radius 2 is 1.82 bits per heavy atom. The lowest BCUT2D eigenvalue weighted by Gasteiger charge is -2.40.